The fraction of sp³-hybridized carbons (Fsp3) is 0.438. The van der Waals surface area contributed by atoms with Crippen LogP contribution in [-0.2, 0) is 13.6 Å². The number of rotatable bonds is 3. The molecule has 1 fully saturated rings. The lowest BCUT2D eigenvalue weighted by molar-refractivity contribution is 0.0719. The van der Waals surface area contributed by atoms with Crippen LogP contribution >= 0.6 is 0 Å². The van der Waals surface area contributed by atoms with Gasteiger partial charge in [-0.3, -0.25) is 14.3 Å². The zero-order chi connectivity index (χ0) is 15.7. The van der Waals surface area contributed by atoms with E-state index in [1.807, 2.05) is 34.8 Å². The standard InChI is InChI=1S/C16H20N4O2/c1-12-6-7-14(15(21)18(12)2)16(22)20-10-3-5-13(20)11-19-9-4-8-17-19/h4,6-9,13H,3,5,10-11H2,1-2H3/t13-/m0/s1. The molecular weight excluding hydrogens is 280 g/mol. The second-order valence-electron chi connectivity index (χ2n) is 5.78. The summed E-state index contributed by atoms with van der Waals surface area (Å²) in [5.74, 6) is -0.171. The van der Waals surface area contributed by atoms with Crippen LogP contribution in [0.4, 0.5) is 0 Å². The summed E-state index contributed by atoms with van der Waals surface area (Å²) in [6, 6.07) is 5.42. The number of aromatic nitrogens is 3. The highest BCUT2D eigenvalue weighted by atomic mass is 16.2. The zero-order valence-electron chi connectivity index (χ0n) is 12.9. The third kappa shape index (κ3) is 2.56. The molecule has 0 aliphatic carbocycles. The van der Waals surface area contributed by atoms with Crippen molar-refractivity contribution in [2.75, 3.05) is 6.54 Å². The van der Waals surface area contributed by atoms with Crippen molar-refractivity contribution in [2.24, 2.45) is 7.05 Å². The number of amides is 1. The van der Waals surface area contributed by atoms with Crippen molar-refractivity contribution >= 4 is 5.91 Å². The Hall–Kier alpha value is -2.37. The first-order valence-corrected chi connectivity index (χ1v) is 7.53. The summed E-state index contributed by atoms with van der Waals surface area (Å²) in [7, 11) is 1.69. The number of carbonyl (C=O) groups excluding carboxylic acids is 1. The molecule has 0 N–H and O–H groups in total. The van der Waals surface area contributed by atoms with Crippen LogP contribution in [0.25, 0.3) is 0 Å². The molecule has 2 aromatic rings. The van der Waals surface area contributed by atoms with E-state index >= 15 is 0 Å². The molecule has 3 rings (SSSR count). The van der Waals surface area contributed by atoms with Crippen LogP contribution < -0.4 is 5.56 Å². The van der Waals surface area contributed by atoms with Crippen LogP contribution in [0.1, 0.15) is 28.9 Å². The molecule has 1 saturated heterocycles. The van der Waals surface area contributed by atoms with Crippen molar-refractivity contribution in [3.8, 4) is 0 Å². The molecule has 0 bridgehead atoms. The van der Waals surface area contributed by atoms with Crippen LogP contribution in [0, 0.1) is 6.92 Å². The van der Waals surface area contributed by atoms with Crippen LogP contribution in [0.15, 0.2) is 35.4 Å². The molecule has 6 heteroatoms. The van der Waals surface area contributed by atoms with E-state index in [0.29, 0.717) is 13.1 Å². The minimum Gasteiger partial charge on any atom is -0.334 e. The summed E-state index contributed by atoms with van der Waals surface area (Å²) in [6.07, 6.45) is 5.53. The van der Waals surface area contributed by atoms with Gasteiger partial charge in [0, 0.05) is 31.7 Å². The Bertz CT molecular complexity index is 733. The van der Waals surface area contributed by atoms with Crippen LogP contribution in [0.3, 0.4) is 0 Å². The van der Waals surface area contributed by atoms with Crippen LogP contribution in [0.5, 0.6) is 0 Å². The summed E-state index contributed by atoms with van der Waals surface area (Å²) in [4.78, 5) is 26.9. The Balaban J connectivity index is 1.85. The fourth-order valence-corrected chi connectivity index (χ4v) is 2.96. The van der Waals surface area contributed by atoms with Gasteiger partial charge < -0.3 is 9.47 Å². The largest absolute Gasteiger partial charge is 0.334 e. The van der Waals surface area contributed by atoms with Gasteiger partial charge in [-0.15, -0.1) is 0 Å². The van der Waals surface area contributed by atoms with Gasteiger partial charge in [-0.25, -0.2) is 0 Å². The van der Waals surface area contributed by atoms with Crippen molar-refractivity contribution in [3.63, 3.8) is 0 Å². The Morgan fingerprint density at radius 2 is 2.23 bits per heavy atom. The molecule has 1 aliphatic heterocycles. The highest BCUT2D eigenvalue weighted by Crippen LogP contribution is 2.20. The minimum absolute atomic E-state index is 0.0957. The SMILES string of the molecule is Cc1ccc(C(=O)N2CCC[C@H]2Cn2cccn2)c(=O)n1C. The van der Waals surface area contributed by atoms with Crippen molar-refractivity contribution in [3.05, 3.63) is 52.2 Å². The molecular formula is C16H20N4O2. The quantitative estimate of drug-likeness (QED) is 0.855. The van der Waals surface area contributed by atoms with Gasteiger partial charge in [-0.2, -0.15) is 5.10 Å². The average Bonchev–Trinajstić information content (AvgIpc) is 3.16. The topological polar surface area (TPSA) is 60.1 Å². The number of pyridine rings is 1. The zero-order valence-corrected chi connectivity index (χ0v) is 12.9. The molecule has 0 radical (unpaired) electrons. The average molecular weight is 300 g/mol. The van der Waals surface area contributed by atoms with Gasteiger partial charge in [0.05, 0.1) is 12.6 Å². The first kappa shape index (κ1) is 14.6. The highest BCUT2D eigenvalue weighted by Gasteiger charge is 2.31. The van der Waals surface area contributed by atoms with Crippen molar-refractivity contribution in [1.82, 2.24) is 19.2 Å². The molecule has 1 aliphatic rings. The van der Waals surface area contributed by atoms with E-state index in [9.17, 15) is 9.59 Å². The number of nitrogens with zero attached hydrogens (tertiary/aromatic N) is 4. The van der Waals surface area contributed by atoms with Gasteiger partial charge in [-0.1, -0.05) is 0 Å². The lowest BCUT2D eigenvalue weighted by Gasteiger charge is -2.24. The van der Waals surface area contributed by atoms with Crippen LogP contribution in [-0.4, -0.2) is 37.7 Å². The predicted octanol–water partition coefficient (Wildman–Crippen LogP) is 1.20. The number of carbonyl (C=O) groups is 1. The number of hydrogen-bond acceptors (Lipinski definition) is 3. The lowest BCUT2D eigenvalue weighted by atomic mass is 10.2. The van der Waals surface area contributed by atoms with Crippen molar-refractivity contribution in [1.29, 1.82) is 0 Å². The minimum atomic E-state index is -0.227. The fourth-order valence-electron chi connectivity index (χ4n) is 2.96. The summed E-state index contributed by atoms with van der Waals surface area (Å²) in [6.45, 7) is 3.22. The summed E-state index contributed by atoms with van der Waals surface area (Å²) in [5, 5.41) is 4.20. The Kier molecular flexibility index (Phi) is 3.83. The summed E-state index contributed by atoms with van der Waals surface area (Å²) >= 11 is 0. The maximum atomic E-state index is 12.8. The number of hydrogen-bond donors (Lipinski definition) is 0. The maximum Gasteiger partial charge on any atom is 0.263 e. The molecule has 1 amide bonds. The molecule has 0 spiro atoms. The van der Waals surface area contributed by atoms with Crippen molar-refractivity contribution < 1.29 is 4.79 Å². The third-order valence-electron chi connectivity index (χ3n) is 4.38. The first-order valence-electron chi connectivity index (χ1n) is 7.53. The van der Waals surface area contributed by atoms with Gasteiger partial charge in [0.15, 0.2) is 0 Å². The Morgan fingerprint density at radius 3 is 2.95 bits per heavy atom. The second-order valence-corrected chi connectivity index (χ2v) is 5.78. The number of likely N-dealkylation sites (tertiary alicyclic amines) is 1. The smallest absolute Gasteiger partial charge is 0.263 e. The van der Waals surface area contributed by atoms with E-state index in [-0.39, 0.29) is 23.1 Å². The monoisotopic (exact) mass is 300 g/mol. The second kappa shape index (κ2) is 5.79. The highest BCUT2D eigenvalue weighted by molar-refractivity contribution is 5.94. The molecule has 0 saturated carbocycles. The molecule has 116 valence electrons. The first-order chi connectivity index (χ1) is 10.6. The predicted molar refractivity (Wildman–Crippen MR) is 82.7 cm³/mol. The lowest BCUT2D eigenvalue weighted by Crippen LogP contribution is -2.41. The molecule has 22 heavy (non-hydrogen) atoms. The molecule has 6 nitrogen and oxygen atoms in total. The summed E-state index contributed by atoms with van der Waals surface area (Å²) < 4.78 is 3.36. The molecule has 3 heterocycles. The van der Waals surface area contributed by atoms with E-state index in [1.165, 1.54) is 4.57 Å². The van der Waals surface area contributed by atoms with Crippen molar-refractivity contribution in [2.45, 2.75) is 32.4 Å². The Morgan fingerprint density at radius 1 is 1.41 bits per heavy atom. The normalized spacial score (nSPS) is 17.9. The third-order valence-corrected chi connectivity index (χ3v) is 4.38. The van der Waals surface area contributed by atoms with Gasteiger partial charge in [0.2, 0.25) is 0 Å². The van der Waals surface area contributed by atoms with Gasteiger partial charge in [0.1, 0.15) is 5.56 Å². The van der Waals surface area contributed by atoms with E-state index in [4.69, 9.17) is 0 Å². The molecule has 1 atom stereocenters. The number of aryl methyl sites for hydroxylation is 1. The molecule has 2 aromatic heterocycles. The van der Waals surface area contributed by atoms with Gasteiger partial charge in [0.25, 0.3) is 11.5 Å². The van der Waals surface area contributed by atoms with E-state index in [1.54, 1.807) is 19.3 Å². The van der Waals surface area contributed by atoms with E-state index in [2.05, 4.69) is 5.10 Å². The molecule has 0 unspecified atom stereocenters. The van der Waals surface area contributed by atoms with E-state index in [0.717, 1.165) is 18.5 Å². The van der Waals surface area contributed by atoms with Gasteiger partial charge >= 0.3 is 0 Å². The Labute approximate surface area is 129 Å². The maximum absolute atomic E-state index is 12.8. The van der Waals surface area contributed by atoms with Gasteiger partial charge in [-0.05, 0) is 38.0 Å². The van der Waals surface area contributed by atoms with E-state index < -0.39 is 0 Å². The van der Waals surface area contributed by atoms with Crippen LogP contribution in [0.2, 0.25) is 0 Å². The molecule has 0 aromatic carbocycles. The summed E-state index contributed by atoms with van der Waals surface area (Å²) in [5.41, 5.74) is 0.867.